The molecule has 0 aliphatic carbocycles. The van der Waals surface area contributed by atoms with Crippen molar-refractivity contribution in [1.82, 2.24) is 30.6 Å². The molecule has 6 rings (SSSR count). The van der Waals surface area contributed by atoms with E-state index in [2.05, 4.69) is 44.4 Å². The maximum atomic E-state index is 12.2. The van der Waals surface area contributed by atoms with Gasteiger partial charge < -0.3 is 31.6 Å². The number of amides is 2. The lowest BCUT2D eigenvalue weighted by atomic mass is 10.2. The van der Waals surface area contributed by atoms with Crippen LogP contribution in [0.2, 0.25) is 0 Å². The Hall–Kier alpha value is -4.49. The Bertz CT molecular complexity index is 1830. The number of hydrogen-bond acceptors (Lipinski definition) is 11. The van der Waals surface area contributed by atoms with Crippen LogP contribution in [0.4, 0.5) is 16.4 Å². The highest BCUT2D eigenvalue weighted by Crippen LogP contribution is 2.35. The molecule has 0 aliphatic rings. The Morgan fingerprint density at radius 1 is 0.727 bits per heavy atom. The van der Waals surface area contributed by atoms with E-state index in [4.69, 9.17) is 20.9 Å². The number of aryl methyl sites for hydroxylation is 2. The number of aromatic nitrogens is 4. The van der Waals surface area contributed by atoms with E-state index in [-0.39, 0.29) is 6.03 Å². The zero-order valence-corrected chi connectivity index (χ0v) is 26.2. The van der Waals surface area contributed by atoms with Crippen LogP contribution < -0.4 is 31.6 Å². The predicted octanol–water partition coefficient (Wildman–Crippen LogP) is 5.83. The summed E-state index contributed by atoms with van der Waals surface area (Å²) in [5.74, 6) is 2.15. The number of rotatable bonds is 12. The van der Waals surface area contributed by atoms with E-state index in [0.29, 0.717) is 49.4 Å². The van der Waals surface area contributed by atoms with Gasteiger partial charge in [-0.05, 0) is 49.9 Å². The van der Waals surface area contributed by atoms with Gasteiger partial charge in [0, 0.05) is 22.9 Å². The fourth-order valence-electron chi connectivity index (χ4n) is 4.95. The van der Waals surface area contributed by atoms with E-state index in [1.165, 1.54) is 0 Å². The third-order valence-electron chi connectivity index (χ3n) is 6.98. The molecule has 4 aromatic heterocycles. The number of fused-ring (bicyclic) bond motifs is 6. The number of carbonyl (C=O) groups excluding carboxylic acids is 1. The minimum atomic E-state index is -0.302. The van der Waals surface area contributed by atoms with Gasteiger partial charge in [-0.2, -0.15) is 0 Å². The average Bonchev–Trinajstić information content (AvgIpc) is 3.64. The molecular formula is C31H34N8O3S2. The first kappa shape index (κ1) is 29.6. The predicted molar refractivity (Wildman–Crippen MR) is 179 cm³/mol. The number of pyridine rings is 2. The van der Waals surface area contributed by atoms with E-state index in [1.807, 2.05) is 36.4 Å². The molecule has 0 saturated heterocycles. The lowest BCUT2D eigenvalue weighted by Crippen LogP contribution is -2.39. The number of nitrogen functional groups attached to an aromatic ring is 2. The summed E-state index contributed by atoms with van der Waals surface area (Å²) >= 11 is 3.32. The molecule has 13 heteroatoms. The first-order chi connectivity index (χ1) is 21.4. The van der Waals surface area contributed by atoms with E-state index < -0.39 is 0 Å². The molecule has 228 valence electrons. The fourth-order valence-corrected chi connectivity index (χ4v) is 7.37. The second kappa shape index (κ2) is 13.0. The van der Waals surface area contributed by atoms with Crippen LogP contribution in [-0.2, 0) is 12.8 Å². The maximum Gasteiger partial charge on any atom is 0.315 e. The number of benzene rings is 2. The minimum Gasteiger partial charge on any atom is -0.492 e. The van der Waals surface area contributed by atoms with Crippen LogP contribution in [0.25, 0.3) is 42.2 Å². The van der Waals surface area contributed by atoms with E-state index >= 15 is 0 Å². The van der Waals surface area contributed by atoms with Crippen LogP contribution in [0.3, 0.4) is 0 Å². The normalized spacial score (nSPS) is 11.5. The third-order valence-corrected chi connectivity index (χ3v) is 9.27. The number of ether oxygens (including phenoxy) is 2. The zero-order valence-electron chi connectivity index (χ0n) is 24.6. The number of anilines is 2. The van der Waals surface area contributed by atoms with Crippen molar-refractivity contribution in [2.75, 3.05) is 37.8 Å². The molecule has 0 spiro atoms. The van der Waals surface area contributed by atoms with Crippen LogP contribution in [-0.4, -0.2) is 52.3 Å². The Morgan fingerprint density at radius 3 is 1.61 bits per heavy atom. The average molecular weight is 631 g/mol. The number of nitrogens with one attached hydrogen (secondary N) is 2. The number of hydrogen-bond donors (Lipinski definition) is 4. The minimum absolute atomic E-state index is 0.300. The van der Waals surface area contributed by atoms with Gasteiger partial charge in [0.1, 0.15) is 35.7 Å². The summed E-state index contributed by atoms with van der Waals surface area (Å²) in [4.78, 5) is 30.6. The van der Waals surface area contributed by atoms with Crippen LogP contribution in [0.15, 0.2) is 36.4 Å². The first-order valence-corrected chi connectivity index (χ1v) is 16.3. The van der Waals surface area contributed by atoms with Gasteiger partial charge >= 0.3 is 6.03 Å². The lowest BCUT2D eigenvalue weighted by molar-refractivity contribution is 0.232. The molecule has 44 heavy (non-hydrogen) atoms. The van der Waals surface area contributed by atoms with Gasteiger partial charge in [0.25, 0.3) is 0 Å². The van der Waals surface area contributed by atoms with Gasteiger partial charge in [-0.15, -0.1) is 22.7 Å². The molecule has 4 heterocycles. The summed E-state index contributed by atoms with van der Waals surface area (Å²) in [5, 5.41) is 9.72. The molecule has 6 N–H and O–H groups in total. The van der Waals surface area contributed by atoms with Crippen LogP contribution in [0.5, 0.6) is 11.5 Å². The summed E-state index contributed by atoms with van der Waals surface area (Å²) in [5.41, 5.74) is 15.4. The molecule has 0 radical (unpaired) electrons. The molecular weight excluding hydrogens is 597 g/mol. The van der Waals surface area contributed by atoms with Crippen LogP contribution in [0.1, 0.15) is 36.7 Å². The Kier molecular flexibility index (Phi) is 8.75. The summed E-state index contributed by atoms with van der Waals surface area (Å²) in [6.45, 7) is 5.53. The van der Waals surface area contributed by atoms with Crippen molar-refractivity contribution in [3.63, 3.8) is 0 Å². The topological polar surface area (TPSA) is 163 Å². The van der Waals surface area contributed by atoms with Crippen LogP contribution in [0, 0.1) is 0 Å². The van der Waals surface area contributed by atoms with E-state index in [1.54, 1.807) is 22.7 Å². The summed E-state index contributed by atoms with van der Waals surface area (Å²) in [7, 11) is 0. The fraction of sp³-hybridized carbons (Fsp3) is 0.323. The van der Waals surface area contributed by atoms with Gasteiger partial charge in [-0.1, -0.05) is 13.8 Å². The molecule has 0 saturated carbocycles. The highest BCUT2D eigenvalue weighted by Gasteiger charge is 2.14. The smallest absolute Gasteiger partial charge is 0.315 e. The van der Waals surface area contributed by atoms with Crippen molar-refractivity contribution >= 4 is 82.6 Å². The molecule has 0 bridgehead atoms. The van der Waals surface area contributed by atoms with Crippen molar-refractivity contribution in [2.24, 2.45) is 0 Å². The number of urea groups is 1. The maximum absolute atomic E-state index is 12.2. The largest absolute Gasteiger partial charge is 0.492 e. The molecule has 0 aliphatic heterocycles. The van der Waals surface area contributed by atoms with Crippen molar-refractivity contribution < 1.29 is 14.3 Å². The summed E-state index contributed by atoms with van der Waals surface area (Å²) in [6.07, 6.45) is 3.90. The second-order valence-electron chi connectivity index (χ2n) is 10.3. The molecule has 0 fully saturated rings. The van der Waals surface area contributed by atoms with Crippen LogP contribution >= 0.6 is 22.7 Å². The highest BCUT2D eigenvalue weighted by atomic mass is 32.1. The quantitative estimate of drug-likeness (QED) is 0.122. The van der Waals surface area contributed by atoms with E-state index in [9.17, 15) is 4.79 Å². The zero-order chi connectivity index (χ0) is 30.6. The molecule has 2 aromatic carbocycles. The van der Waals surface area contributed by atoms with Crippen molar-refractivity contribution in [3.8, 4) is 11.5 Å². The highest BCUT2D eigenvalue weighted by molar-refractivity contribution is 7.20. The molecule has 11 nitrogen and oxygen atoms in total. The number of thiazole rings is 2. The Labute approximate surface area is 262 Å². The Morgan fingerprint density at radius 2 is 1.18 bits per heavy atom. The van der Waals surface area contributed by atoms with Crippen molar-refractivity contribution in [3.05, 3.63) is 46.4 Å². The molecule has 0 unspecified atom stereocenters. The molecule has 0 atom stereocenters. The first-order valence-electron chi connectivity index (χ1n) is 14.7. The van der Waals surface area contributed by atoms with Gasteiger partial charge in [-0.25, -0.2) is 24.7 Å². The third kappa shape index (κ3) is 6.24. The number of nitrogens with two attached hydrogens (primary N) is 2. The van der Waals surface area contributed by atoms with Gasteiger partial charge in [0.2, 0.25) is 0 Å². The standard InChI is InChI=1S/C31H34N8O3S2/c1-3-5-23-38-25-27(43-23)19-9-7-17(15-21(19)36-29(25)32)41-13-11-34-31(40)35-12-14-42-18-8-10-20-22(16-18)37-30(33)26-28(20)44-24(39-26)6-4-2/h7-10,15-16H,3-6,11-14H2,1-2H3,(H2,32,36)(H2,33,37)(H2,34,35,40). The van der Waals surface area contributed by atoms with Crippen molar-refractivity contribution in [2.45, 2.75) is 39.5 Å². The monoisotopic (exact) mass is 630 g/mol. The lowest BCUT2D eigenvalue weighted by Gasteiger charge is -2.11. The van der Waals surface area contributed by atoms with Crippen molar-refractivity contribution in [1.29, 1.82) is 0 Å². The molecule has 6 aromatic rings. The van der Waals surface area contributed by atoms with Gasteiger partial charge in [0.15, 0.2) is 11.6 Å². The summed E-state index contributed by atoms with van der Waals surface area (Å²) in [6, 6.07) is 11.2. The van der Waals surface area contributed by atoms with Gasteiger partial charge in [0.05, 0.1) is 43.5 Å². The SMILES string of the molecule is CCCc1nc2c(N)nc3cc(OCCNC(=O)NCCOc4ccc5c(c4)nc(N)c4nc(CCC)sc45)ccc3c2s1. The Balaban J connectivity index is 0.959. The van der Waals surface area contributed by atoms with E-state index in [0.717, 1.165) is 77.9 Å². The summed E-state index contributed by atoms with van der Waals surface area (Å²) < 4.78 is 13.8. The van der Waals surface area contributed by atoms with Gasteiger partial charge in [-0.3, -0.25) is 0 Å². The number of nitrogens with zero attached hydrogens (tertiary/aromatic N) is 4. The molecule has 2 amide bonds. The second-order valence-corrected chi connectivity index (χ2v) is 12.5. The number of carbonyl (C=O) groups is 1.